The molecule has 24 heavy (non-hydrogen) atoms. The van der Waals surface area contributed by atoms with Crippen molar-refractivity contribution in [1.82, 2.24) is 9.97 Å². The number of alkyl halides is 2. The number of rotatable bonds is 8. The van der Waals surface area contributed by atoms with E-state index in [-0.39, 0.29) is 12.1 Å². The van der Waals surface area contributed by atoms with E-state index in [2.05, 4.69) is 16.9 Å². The molecule has 0 bridgehead atoms. The molecule has 130 valence electrons. The van der Waals surface area contributed by atoms with Gasteiger partial charge in [0.05, 0.1) is 16.7 Å². The van der Waals surface area contributed by atoms with Crippen LogP contribution in [0.4, 0.5) is 8.78 Å². The highest BCUT2D eigenvalue weighted by atomic mass is 19.3. The summed E-state index contributed by atoms with van der Waals surface area (Å²) in [6.07, 6.45) is 6.37. The number of benzene rings is 1. The Labute approximate surface area is 142 Å². The van der Waals surface area contributed by atoms with Gasteiger partial charge in [-0.15, -0.1) is 0 Å². The van der Waals surface area contributed by atoms with Gasteiger partial charge in [-0.3, -0.25) is 0 Å². The van der Waals surface area contributed by atoms with Gasteiger partial charge in [0.15, 0.2) is 0 Å². The van der Waals surface area contributed by atoms with Gasteiger partial charge < -0.3 is 0 Å². The zero-order chi connectivity index (χ0) is 17.2. The molecular formula is C20H26F2N2. The molecule has 1 saturated carbocycles. The summed E-state index contributed by atoms with van der Waals surface area (Å²) in [6, 6.07) is 5.71. The molecule has 1 aliphatic rings. The molecule has 1 aromatic heterocycles. The lowest BCUT2D eigenvalue weighted by Gasteiger charge is -2.19. The third kappa shape index (κ3) is 3.90. The van der Waals surface area contributed by atoms with Crippen LogP contribution in [0.2, 0.25) is 0 Å². The van der Waals surface area contributed by atoms with Gasteiger partial charge in [0, 0.05) is 6.42 Å². The van der Waals surface area contributed by atoms with Gasteiger partial charge in [0.1, 0.15) is 5.69 Å². The fourth-order valence-electron chi connectivity index (χ4n) is 3.20. The highest BCUT2D eigenvalue weighted by Crippen LogP contribution is 2.38. The smallest absolute Gasteiger partial charge is 0.249 e. The standard InChI is InChI=1S/C20H26F2N2/c1-3-14-10-11-17-18(13-14)23-16(4-2)19(24-17)20(21,22)12-6-5-7-15-8-9-15/h10-11,13,15H,3-9,12H2,1-2H3. The summed E-state index contributed by atoms with van der Waals surface area (Å²) in [4.78, 5) is 8.80. The summed E-state index contributed by atoms with van der Waals surface area (Å²) in [5, 5.41) is 0. The monoisotopic (exact) mass is 332 g/mol. The Kier molecular flexibility index (Phi) is 5.12. The Morgan fingerprint density at radius 1 is 1.04 bits per heavy atom. The largest absolute Gasteiger partial charge is 0.291 e. The Balaban J connectivity index is 1.82. The van der Waals surface area contributed by atoms with Crippen LogP contribution >= 0.6 is 0 Å². The first-order valence-electron chi connectivity index (χ1n) is 9.21. The molecule has 0 amide bonds. The van der Waals surface area contributed by atoms with Crippen LogP contribution in [-0.2, 0) is 18.8 Å². The van der Waals surface area contributed by atoms with E-state index in [4.69, 9.17) is 0 Å². The van der Waals surface area contributed by atoms with Crippen LogP contribution in [0.15, 0.2) is 18.2 Å². The molecule has 4 heteroatoms. The number of hydrogen-bond acceptors (Lipinski definition) is 2. The Hall–Kier alpha value is -1.58. The minimum Gasteiger partial charge on any atom is -0.249 e. The third-order valence-electron chi connectivity index (χ3n) is 4.94. The lowest BCUT2D eigenvalue weighted by molar-refractivity contribution is -0.0212. The number of aryl methyl sites for hydroxylation is 2. The number of fused-ring (bicyclic) bond motifs is 1. The van der Waals surface area contributed by atoms with Gasteiger partial charge in [-0.05, 0) is 42.9 Å². The van der Waals surface area contributed by atoms with Crippen molar-refractivity contribution in [3.8, 4) is 0 Å². The number of nitrogens with zero attached hydrogens (tertiary/aromatic N) is 2. The number of aromatic nitrogens is 2. The van der Waals surface area contributed by atoms with Gasteiger partial charge in [-0.1, -0.05) is 45.6 Å². The molecule has 0 saturated heterocycles. The van der Waals surface area contributed by atoms with Crippen LogP contribution in [-0.4, -0.2) is 9.97 Å². The predicted octanol–water partition coefficient (Wildman–Crippen LogP) is 5.82. The SMILES string of the molecule is CCc1ccc2nc(C(F)(F)CCCCC3CC3)c(CC)nc2c1. The van der Waals surface area contributed by atoms with Crippen LogP contribution in [0.25, 0.3) is 11.0 Å². The van der Waals surface area contributed by atoms with Crippen molar-refractivity contribution in [3.05, 3.63) is 35.2 Å². The summed E-state index contributed by atoms with van der Waals surface area (Å²) in [5.41, 5.74) is 2.76. The maximum atomic E-state index is 14.7. The minimum absolute atomic E-state index is 0.117. The lowest BCUT2D eigenvalue weighted by atomic mass is 10.0. The maximum Gasteiger partial charge on any atom is 0.291 e. The fraction of sp³-hybridized carbons (Fsp3) is 0.600. The van der Waals surface area contributed by atoms with E-state index >= 15 is 0 Å². The zero-order valence-electron chi connectivity index (χ0n) is 14.6. The molecule has 1 aliphatic carbocycles. The maximum absolute atomic E-state index is 14.7. The second-order valence-corrected chi connectivity index (χ2v) is 6.94. The van der Waals surface area contributed by atoms with Crippen LogP contribution in [0.1, 0.15) is 69.3 Å². The van der Waals surface area contributed by atoms with Crippen molar-refractivity contribution in [1.29, 1.82) is 0 Å². The van der Waals surface area contributed by atoms with Crippen molar-refractivity contribution in [2.75, 3.05) is 0 Å². The molecule has 0 radical (unpaired) electrons. The second kappa shape index (κ2) is 7.12. The summed E-state index contributed by atoms with van der Waals surface area (Å²) in [6.45, 7) is 3.94. The molecule has 0 aliphatic heterocycles. The van der Waals surface area contributed by atoms with Gasteiger partial charge >= 0.3 is 0 Å². The lowest BCUT2D eigenvalue weighted by Crippen LogP contribution is -2.19. The normalized spacial score (nSPS) is 15.2. The van der Waals surface area contributed by atoms with Crippen LogP contribution in [0.3, 0.4) is 0 Å². The summed E-state index contributed by atoms with van der Waals surface area (Å²) in [7, 11) is 0. The zero-order valence-corrected chi connectivity index (χ0v) is 14.6. The number of halogens is 2. The van der Waals surface area contributed by atoms with Crippen LogP contribution in [0, 0.1) is 5.92 Å². The van der Waals surface area contributed by atoms with Gasteiger partial charge in [-0.2, -0.15) is 8.78 Å². The average Bonchev–Trinajstić information content (AvgIpc) is 3.41. The predicted molar refractivity (Wildman–Crippen MR) is 93.4 cm³/mol. The molecule has 1 fully saturated rings. The van der Waals surface area contributed by atoms with Crippen molar-refractivity contribution in [2.24, 2.45) is 5.92 Å². The number of hydrogen-bond donors (Lipinski definition) is 0. The number of unbranched alkanes of at least 4 members (excludes halogenated alkanes) is 1. The van der Waals surface area contributed by atoms with E-state index in [0.717, 1.165) is 36.3 Å². The Morgan fingerprint density at radius 2 is 1.83 bits per heavy atom. The molecular weight excluding hydrogens is 306 g/mol. The molecule has 3 rings (SSSR count). The molecule has 1 heterocycles. The van der Waals surface area contributed by atoms with Gasteiger partial charge in [0.25, 0.3) is 5.92 Å². The first-order chi connectivity index (χ1) is 11.5. The van der Waals surface area contributed by atoms with E-state index in [1.807, 2.05) is 25.1 Å². The van der Waals surface area contributed by atoms with Gasteiger partial charge in [-0.25, -0.2) is 9.97 Å². The molecule has 2 nitrogen and oxygen atoms in total. The molecule has 0 atom stereocenters. The van der Waals surface area contributed by atoms with Crippen molar-refractivity contribution >= 4 is 11.0 Å². The van der Waals surface area contributed by atoms with Gasteiger partial charge in [0.2, 0.25) is 0 Å². The first-order valence-corrected chi connectivity index (χ1v) is 9.21. The van der Waals surface area contributed by atoms with E-state index in [1.54, 1.807) is 0 Å². The van der Waals surface area contributed by atoms with Crippen LogP contribution < -0.4 is 0 Å². The van der Waals surface area contributed by atoms with Crippen molar-refractivity contribution < 1.29 is 8.78 Å². The topological polar surface area (TPSA) is 25.8 Å². The minimum atomic E-state index is -2.89. The average molecular weight is 332 g/mol. The molecule has 0 N–H and O–H groups in total. The van der Waals surface area contributed by atoms with E-state index in [1.165, 1.54) is 12.8 Å². The van der Waals surface area contributed by atoms with Crippen molar-refractivity contribution in [2.45, 2.75) is 71.1 Å². The first kappa shape index (κ1) is 17.2. The summed E-state index contributed by atoms with van der Waals surface area (Å²) < 4.78 is 29.4. The fourth-order valence-corrected chi connectivity index (χ4v) is 3.20. The van der Waals surface area contributed by atoms with E-state index < -0.39 is 5.92 Å². The molecule has 0 unspecified atom stereocenters. The summed E-state index contributed by atoms with van der Waals surface area (Å²) >= 11 is 0. The summed E-state index contributed by atoms with van der Waals surface area (Å²) in [5.74, 6) is -2.09. The highest BCUT2D eigenvalue weighted by Gasteiger charge is 2.36. The highest BCUT2D eigenvalue weighted by molar-refractivity contribution is 5.75. The van der Waals surface area contributed by atoms with E-state index in [0.29, 0.717) is 24.1 Å². The van der Waals surface area contributed by atoms with E-state index in [9.17, 15) is 8.78 Å². The van der Waals surface area contributed by atoms with Crippen molar-refractivity contribution in [3.63, 3.8) is 0 Å². The molecule has 2 aromatic rings. The second-order valence-electron chi connectivity index (χ2n) is 6.94. The molecule has 0 spiro atoms. The quantitative estimate of drug-likeness (QED) is 0.569. The van der Waals surface area contributed by atoms with Crippen LogP contribution in [0.5, 0.6) is 0 Å². The molecule has 1 aromatic carbocycles. The Bertz CT molecular complexity index is 708. The third-order valence-corrected chi connectivity index (χ3v) is 4.94. The Morgan fingerprint density at radius 3 is 2.50 bits per heavy atom.